The van der Waals surface area contributed by atoms with E-state index in [1.165, 1.54) is 0 Å². The molecule has 1 amide bonds. The highest BCUT2D eigenvalue weighted by atomic mass is 32.2. The Labute approximate surface area is 99.5 Å². The van der Waals surface area contributed by atoms with E-state index in [4.69, 9.17) is 5.84 Å². The lowest BCUT2D eigenvalue weighted by Crippen LogP contribution is -2.31. The molecule has 0 radical (unpaired) electrons. The number of nitrogens with zero attached hydrogens (tertiary/aromatic N) is 4. The monoisotopic (exact) mass is 255 g/mol. The van der Waals surface area contributed by atoms with E-state index < -0.39 is 0 Å². The first-order valence-corrected chi connectivity index (χ1v) is 5.53. The van der Waals surface area contributed by atoms with Crippen molar-refractivity contribution in [2.24, 2.45) is 5.84 Å². The fourth-order valence-electron chi connectivity index (χ4n) is 1.03. The molecule has 2 aromatic rings. The second-order valence-corrected chi connectivity index (χ2v) is 3.96. The molecule has 4 N–H and O–H groups in total. The average molecular weight is 255 g/mol. The zero-order valence-corrected chi connectivity index (χ0v) is 9.61. The molecule has 0 aromatic carbocycles. The topological polar surface area (TPSA) is 136 Å². The van der Waals surface area contributed by atoms with Crippen molar-refractivity contribution in [3.05, 3.63) is 5.69 Å². The van der Waals surface area contributed by atoms with Gasteiger partial charge in [0.2, 0.25) is 11.1 Å². The normalized spacial score (nSPS) is 10.5. The molecule has 0 aliphatic heterocycles. The van der Waals surface area contributed by atoms with Crippen LogP contribution in [0.15, 0.2) is 9.79 Å². The lowest BCUT2D eigenvalue weighted by molar-refractivity contribution is -0.118. The predicted octanol–water partition coefficient (Wildman–Crippen LogP) is -0.755. The lowest BCUT2D eigenvalue weighted by Gasteiger charge is -1.94. The molecule has 17 heavy (non-hydrogen) atoms. The van der Waals surface area contributed by atoms with Gasteiger partial charge >= 0.3 is 0 Å². The summed E-state index contributed by atoms with van der Waals surface area (Å²) in [6.07, 6.45) is 0. The summed E-state index contributed by atoms with van der Waals surface area (Å²) in [5.41, 5.74) is 3.12. The number of nitrogens with two attached hydrogens (primary N) is 1. The van der Waals surface area contributed by atoms with Crippen molar-refractivity contribution >= 4 is 17.7 Å². The maximum atomic E-state index is 10.9. The molecule has 0 fully saturated rings. The highest BCUT2D eigenvalue weighted by Gasteiger charge is 2.14. The molecule has 0 bridgehead atoms. The van der Waals surface area contributed by atoms with E-state index >= 15 is 0 Å². The van der Waals surface area contributed by atoms with Gasteiger partial charge in [-0.15, -0.1) is 5.10 Å². The Hall–Kier alpha value is -1.94. The molecule has 10 heteroatoms. The van der Waals surface area contributed by atoms with Crippen LogP contribution in [0.1, 0.15) is 5.69 Å². The van der Waals surface area contributed by atoms with Gasteiger partial charge in [0.25, 0.3) is 0 Å². The van der Waals surface area contributed by atoms with Gasteiger partial charge in [-0.25, -0.2) is 10.5 Å². The number of rotatable bonds is 4. The van der Waals surface area contributed by atoms with Gasteiger partial charge in [0.15, 0.2) is 11.5 Å². The van der Waals surface area contributed by atoms with Crippen molar-refractivity contribution in [1.29, 1.82) is 0 Å². The summed E-state index contributed by atoms with van der Waals surface area (Å²) in [4.78, 5) is 15.0. The summed E-state index contributed by atoms with van der Waals surface area (Å²) in [5.74, 6) is 5.23. The molecule has 0 aliphatic rings. The number of H-pyrrole nitrogens is 1. The Morgan fingerprint density at radius 1 is 1.59 bits per heavy atom. The van der Waals surface area contributed by atoms with Gasteiger partial charge in [-0.3, -0.25) is 15.3 Å². The number of aromatic amines is 1. The van der Waals surface area contributed by atoms with Crippen LogP contribution in [0.4, 0.5) is 0 Å². The molecule has 2 heterocycles. The minimum atomic E-state index is -0.305. The summed E-state index contributed by atoms with van der Waals surface area (Å²) in [6, 6.07) is 0. The second kappa shape index (κ2) is 4.93. The molecule has 0 saturated heterocycles. The number of thioether (sulfide) groups is 1. The van der Waals surface area contributed by atoms with E-state index in [-0.39, 0.29) is 11.7 Å². The van der Waals surface area contributed by atoms with Crippen molar-refractivity contribution in [2.45, 2.75) is 12.1 Å². The Bertz CT molecular complexity index is 522. The molecule has 2 rings (SSSR count). The van der Waals surface area contributed by atoms with Gasteiger partial charge in [-0.05, 0) is 12.1 Å². The number of aryl methyl sites for hydroxylation is 1. The highest BCUT2D eigenvalue weighted by Crippen LogP contribution is 2.18. The van der Waals surface area contributed by atoms with Crippen LogP contribution >= 0.6 is 11.8 Å². The number of carbonyl (C=O) groups is 1. The zero-order valence-electron chi connectivity index (χ0n) is 8.80. The van der Waals surface area contributed by atoms with Gasteiger partial charge < -0.3 is 0 Å². The number of nitrogens with one attached hydrogen (secondary N) is 2. The Morgan fingerprint density at radius 3 is 3.06 bits per heavy atom. The fourth-order valence-corrected chi connectivity index (χ4v) is 1.64. The van der Waals surface area contributed by atoms with Crippen LogP contribution < -0.4 is 11.3 Å². The number of aromatic nitrogens is 5. The van der Waals surface area contributed by atoms with E-state index in [0.717, 1.165) is 11.8 Å². The molecule has 0 atom stereocenters. The number of amides is 1. The van der Waals surface area contributed by atoms with E-state index in [1.54, 1.807) is 6.92 Å². The van der Waals surface area contributed by atoms with Crippen molar-refractivity contribution in [3.63, 3.8) is 0 Å². The van der Waals surface area contributed by atoms with Crippen LogP contribution in [-0.2, 0) is 4.79 Å². The summed E-state index contributed by atoms with van der Waals surface area (Å²) in [6.45, 7) is 1.74. The molecule has 0 saturated carbocycles. The van der Waals surface area contributed by atoms with Crippen molar-refractivity contribution in [2.75, 3.05) is 5.75 Å². The van der Waals surface area contributed by atoms with Crippen LogP contribution in [0.2, 0.25) is 0 Å². The van der Waals surface area contributed by atoms with Crippen LogP contribution in [-0.4, -0.2) is 37.2 Å². The third kappa shape index (κ3) is 2.60. The standard InChI is InChI=1S/C7H9N7O2S/c1-3-5(14-16-13-3)6-9-7(12-11-6)17-2-4(15)10-8/h2,8H2,1H3,(H,10,15)(H,9,11,12). The first-order valence-electron chi connectivity index (χ1n) is 4.55. The SMILES string of the molecule is Cc1nonc1-c1nc(SCC(=O)NN)n[nH]1. The highest BCUT2D eigenvalue weighted by molar-refractivity contribution is 7.99. The molecule has 0 aliphatic carbocycles. The molecule has 9 nitrogen and oxygen atoms in total. The molecule has 90 valence electrons. The van der Waals surface area contributed by atoms with E-state index in [2.05, 4.69) is 30.1 Å². The third-order valence-corrected chi connectivity index (χ3v) is 2.68. The van der Waals surface area contributed by atoms with Crippen LogP contribution in [0.25, 0.3) is 11.5 Å². The number of hydrazine groups is 1. The molecular weight excluding hydrogens is 246 g/mol. The smallest absolute Gasteiger partial charge is 0.244 e. The number of hydrogen-bond acceptors (Lipinski definition) is 8. The Morgan fingerprint density at radius 2 is 2.41 bits per heavy atom. The zero-order chi connectivity index (χ0) is 12.3. The van der Waals surface area contributed by atoms with Gasteiger partial charge in [-0.2, -0.15) is 4.98 Å². The minimum absolute atomic E-state index is 0.143. The van der Waals surface area contributed by atoms with Crippen LogP contribution in [0.3, 0.4) is 0 Å². The first-order chi connectivity index (χ1) is 8.20. The maximum absolute atomic E-state index is 10.9. The Kier molecular flexibility index (Phi) is 3.35. The van der Waals surface area contributed by atoms with Gasteiger partial charge in [0.05, 0.1) is 5.75 Å². The van der Waals surface area contributed by atoms with E-state index in [9.17, 15) is 4.79 Å². The van der Waals surface area contributed by atoms with Crippen molar-refractivity contribution in [1.82, 2.24) is 30.9 Å². The lowest BCUT2D eigenvalue weighted by atomic mass is 10.3. The second-order valence-electron chi connectivity index (χ2n) is 3.02. The molecule has 0 unspecified atom stereocenters. The maximum Gasteiger partial charge on any atom is 0.244 e. The van der Waals surface area contributed by atoms with Crippen LogP contribution in [0.5, 0.6) is 0 Å². The predicted molar refractivity (Wildman–Crippen MR) is 57.5 cm³/mol. The number of carbonyl (C=O) groups excluding carboxylic acids is 1. The van der Waals surface area contributed by atoms with Crippen molar-refractivity contribution < 1.29 is 9.42 Å². The molecule has 2 aromatic heterocycles. The van der Waals surface area contributed by atoms with E-state index in [1.807, 2.05) is 5.43 Å². The summed E-state index contributed by atoms with van der Waals surface area (Å²) >= 11 is 1.15. The summed E-state index contributed by atoms with van der Waals surface area (Å²) < 4.78 is 4.55. The third-order valence-electron chi connectivity index (χ3n) is 1.84. The quantitative estimate of drug-likeness (QED) is 0.281. The molecular formula is C7H9N7O2S. The number of hydrogen-bond donors (Lipinski definition) is 3. The molecule has 0 spiro atoms. The van der Waals surface area contributed by atoms with Gasteiger partial charge in [0.1, 0.15) is 5.69 Å². The summed E-state index contributed by atoms with van der Waals surface area (Å²) in [7, 11) is 0. The fraction of sp³-hybridized carbons (Fsp3) is 0.286. The van der Waals surface area contributed by atoms with Gasteiger partial charge in [-0.1, -0.05) is 16.9 Å². The summed E-state index contributed by atoms with van der Waals surface area (Å²) in [5, 5.41) is 14.3. The first kappa shape index (κ1) is 11.5. The average Bonchev–Trinajstić information content (AvgIpc) is 2.94. The largest absolute Gasteiger partial charge is 0.294 e. The van der Waals surface area contributed by atoms with Crippen molar-refractivity contribution in [3.8, 4) is 11.5 Å². The van der Waals surface area contributed by atoms with E-state index in [0.29, 0.717) is 22.4 Å². The van der Waals surface area contributed by atoms with Crippen LogP contribution in [0, 0.1) is 6.92 Å². The Balaban J connectivity index is 2.06. The minimum Gasteiger partial charge on any atom is -0.294 e. The van der Waals surface area contributed by atoms with Gasteiger partial charge in [0, 0.05) is 0 Å².